The predicted octanol–water partition coefficient (Wildman–Crippen LogP) is 2.75. The highest BCUT2D eigenvalue weighted by Gasteiger charge is 2.27. The Kier molecular flexibility index (Phi) is 3.27. The average molecular weight is 226 g/mol. The third kappa shape index (κ3) is 2.26. The maximum atomic E-state index is 12.7. The molecule has 0 aliphatic carbocycles. The first kappa shape index (κ1) is 11.2. The minimum atomic E-state index is -2.23. The lowest BCUT2D eigenvalue weighted by molar-refractivity contribution is 0.0687. The van der Waals surface area contributed by atoms with Gasteiger partial charge in [-0.1, -0.05) is 12.1 Å². The minimum absolute atomic E-state index is 0.409. The van der Waals surface area contributed by atoms with Gasteiger partial charge in [-0.2, -0.15) is 0 Å². The van der Waals surface area contributed by atoms with Gasteiger partial charge in [0.25, 0.3) is 0 Å². The van der Waals surface area contributed by atoms with Crippen LogP contribution in [0.1, 0.15) is 12.8 Å². The second-order valence-corrected chi connectivity index (χ2v) is 4.24. The van der Waals surface area contributed by atoms with Crippen molar-refractivity contribution in [1.29, 1.82) is 0 Å². The molecule has 16 heavy (non-hydrogen) atoms. The van der Waals surface area contributed by atoms with E-state index < -0.39 is 12.3 Å². The van der Waals surface area contributed by atoms with E-state index in [0.717, 1.165) is 18.7 Å². The van der Waals surface area contributed by atoms with Gasteiger partial charge in [-0.3, -0.25) is 0 Å². The Morgan fingerprint density at radius 3 is 2.75 bits per heavy atom. The Morgan fingerprint density at radius 2 is 2.06 bits per heavy atom. The second-order valence-electron chi connectivity index (χ2n) is 4.24. The molecule has 1 atom stereocenters. The molecule has 0 radical (unpaired) electrons. The van der Waals surface area contributed by atoms with Gasteiger partial charge >= 0.3 is 0 Å². The van der Waals surface area contributed by atoms with E-state index in [1.54, 1.807) is 6.07 Å². The molecule has 2 rings (SSSR count). The van der Waals surface area contributed by atoms with Crippen molar-refractivity contribution in [2.24, 2.45) is 5.92 Å². The summed E-state index contributed by atoms with van der Waals surface area (Å²) in [4.78, 5) is 1.97. The van der Waals surface area contributed by atoms with Crippen LogP contribution in [0.5, 0.6) is 0 Å². The van der Waals surface area contributed by atoms with Crippen LogP contribution in [0.25, 0.3) is 0 Å². The van der Waals surface area contributed by atoms with E-state index >= 15 is 0 Å². The van der Waals surface area contributed by atoms with Gasteiger partial charge in [0.2, 0.25) is 6.43 Å². The first-order chi connectivity index (χ1) is 7.68. The SMILES string of the molecule is Nc1ccccc1N1CCCC(C(F)F)C1. The van der Waals surface area contributed by atoms with Crippen LogP contribution >= 0.6 is 0 Å². The number of piperidine rings is 1. The topological polar surface area (TPSA) is 29.3 Å². The largest absolute Gasteiger partial charge is 0.397 e. The van der Waals surface area contributed by atoms with Crippen LogP contribution < -0.4 is 10.6 Å². The smallest absolute Gasteiger partial charge is 0.243 e. The predicted molar refractivity (Wildman–Crippen MR) is 61.8 cm³/mol. The molecule has 0 saturated carbocycles. The average Bonchev–Trinajstić information content (AvgIpc) is 2.30. The van der Waals surface area contributed by atoms with Gasteiger partial charge in [-0.05, 0) is 25.0 Å². The summed E-state index contributed by atoms with van der Waals surface area (Å²) in [5.74, 6) is -0.520. The van der Waals surface area contributed by atoms with E-state index in [4.69, 9.17) is 5.73 Å². The number of nitrogen functional groups attached to an aromatic ring is 1. The lowest BCUT2D eigenvalue weighted by Gasteiger charge is -2.34. The van der Waals surface area contributed by atoms with Crippen LogP contribution in [0.4, 0.5) is 20.2 Å². The van der Waals surface area contributed by atoms with E-state index in [1.807, 2.05) is 23.1 Å². The number of nitrogens with two attached hydrogens (primary N) is 1. The van der Waals surface area contributed by atoms with Crippen LogP contribution in [-0.4, -0.2) is 19.5 Å². The molecule has 1 fully saturated rings. The molecule has 1 unspecified atom stereocenters. The number of hydrogen-bond donors (Lipinski definition) is 1. The van der Waals surface area contributed by atoms with Crippen molar-refractivity contribution >= 4 is 11.4 Å². The normalized spacial score (nSPS) is 21.4. The lowest BCUT2D eigenvalue weighted by atomic mass is 9.98. The Labute approximate surface area is 94.0 Å². The van der Waals surface area contributed by atoms with Gasteiger partial charge in [-0.15, -0.1) is 0 Å². The van der Waals surface area contributed by atoms with E-state index in [-0.39, 0.29) is 0 Å². The van der Waals surface area contributed by atoms with Gasteiger partial charge in [0, 0.05) is 19.0 Å². The highest BCUT2D eigenvalue weighted by atomic mass is 19.3. The fraction of sp³-hybridized carbons (Fsp3) is 0.500. The van der Waals surface area contributed by atoms with E-state index in [1.165, 1.54) is 0 Å². The van der Waals surface area contributed by atoms with Crippen LogP contribution in [0.2, 0.25) is 0 Å². The molecule has 0 amide bonds. The summed E-state index contributed by atoms with van der Waals surface area (Å²) >= 11 is 0. The Morgan fingerprint density at radius 1 is 1.31 bits per heavy atom. The molecule has 2 N–H and O–H groups in total. The van der Waals surface area contributed by atoms with Crippen molar-refractivity contribution in [3.05, 3.63) is 24.3 Å². The van der Waals surface area contributed by atoms with E-state index in [0.29, 0.717) is 18.7 Å². The van der Waals surface area contributed by atoms with Gasteiger partial charge in [0.15, 0.2) is 0 Å². The van der Waals surface area contributed by atoms with Gasteiger partial charge in [0.1, 0.15) is 0 Å². The zero-order valence-electron chi connectivity index (χ0n) is 9.07. The minimum Gasteiger partial charge on any atom is -0.397 e. The molecule has 0 bridgehead atoms. The van der Waals surface area contributed by atoms with Crippen LogP contribution in [0.3, 0.4) is 0 Å². The quantitative estimate of drug-likeness (QED) is 0.786. The molecule has 1 aromatic rings. The Balaban J connectivity index is 2.13. The first-order valence-electron chi connectivity index (χ1n) is 5.56. The Hall–Kier alpha value is -1.32. The van der Waals surface area contributed by atoms with Crippen LogP contribution in [0, 0.1) is 5.92 Å². The zero-order chi connectivity index (χ0) is 11.5. The van der Waals surface area contributed by atoms with E-state index in [9.17, 15) is 8.78 Å². The number of halogens is 2. The summed E-state index contributed by atoms with van der Waals surface area (Å²) in [5, 5.41) is 0. The summed E-state index contributed by atoms with van der Waals surface area (Å²) in [5.41, 5.74) is 7.39. The van der Waals surface area contributed by atoms with Gasteiger partial charge < -0.3 is 10.6 Å². The second kappa shape index (κ2) is 4.68. The van der Waals surface area contributed by atoms with Crippen molar-refractivity contribution in [2.75, 3.05) is 23.7 Å². The number of para-hydroxylation sites is 2. The number of alkyl halides is 2. The molecule has 1 saturated heterocycles. The molecular weight excluding hydrogens is 210 g/mol. The number of rotatable bonds is 2. The van der Waals surface area contributed by atoms with Gasteiger partial charge in [0.05, 0.1) is 11.4 Å². The van der Waals surface area contributed by atoms with Crippen molar-refractivity contribution in [3.8, 4) is 0 Å². The summed E-state index contributed by atoms with van der Waals surface area (Å²) in [6.45, 7) is 1.23. The van der Waals surface area contributed by atoms with Crippen molar-refractivity contribution < 1.29 is 8.78 Å². The number of benzene rings is 1. The van der Waals surface area contributed by atoms with Crippen LogP contribution in [-0.2, 0) is 0 Å². The third-order valence-electron chi connectivity index (χ3n) is 3.09. The van der Waals surface area contributed by atoms with E-state index in [2.05, 4.69) is 0 Å². The summed E-state index contributed by atoms with van der Waals surface area (Å²) in [6, 6.07) is 7.44. The zero-order valence-corrected chi connectivity index (χ0v) is 9.07. The molecule has 1 aliphatic heterocycles. The fourth-order valence-electron chi connectivity index (χ4n) is 2.21. The molecule has 1 aromatic carbocycles. The molecule has 1 aliphatic rings. The molecule has 0 spiro atoms. The maximum absolute atomic E-state index is 12.7. The Bertz CT molecular complexity index is 355. The highest BCUT2D eigenvalue weighted by Crippen LogP contribution is 2.29. The molecular formula is C12H16F2N2. The molecule has 4 heteroatoms. The summed E-state index contributed by atoms with van der Waals surface area (Å²) in [6.07, 6.45) is -0.808. The standard InChI is InChI=1S/C12H16F2N2/c13-12(14)9-4-3-7-16(8-9)11-6-2-1-5-10(11)15/h1-2,5-6,9,12H,3-4,7-8,15H2. The lowest BCUT2D eigenvalue weighted by Crippen LogP contribution is -2.38. The molecule has 1 heterocycles. The first-order valence-corrected chi connectivity index (χ1v) is 5.56. The number of nitrogens with zero attached hydrogens (tertiary/aromatic N) is 1. The number of hydrogen-bond acceptors (Lipinski definition) is 2. The van der Waals surface area contributed by atoms with Crippen molar-refractivity contribution in [3.63, 3.8) is 0 Å². The summed E-state index contributed by atoms with van der Waals surface area (Å²) in [7, 11) is 0. The fourth-order valence-corrected chi connectivity index (χ4v) is 2.21. The van der Waals surface area contributed by atoms with Crippen molar-refractivity contribution in [1.82, 2.24) is 0 Å². The molecule has 88 valence electrons. The van der Waals surface area contributed by atoms with Crippen molar-refractivity contribution in [2.45, 2.75) is 19.3 Å². The number of anilines is 2. The molecule has 0 aromatic heterocycles. The maximum Gasteiger partial charge on any atom is 0.243 e. The van der Waals surface area contributed by atoms with Gasteiger partial charge in [-0.25, -0.2) is 8.78 Å². The van der Waals surface area contributed by atoms with Crippen LogP contribution in [0.15, 0.2) is 24.3 Å². The monoisotopic (exact) mass is 226 g/mol. The highest BCUT2D eigenvalue weighted by molar-refractivity contribution is 5.67. The molecule has 2 nitrogen and oxygen atoms in total. The third-order valence-corrected chi connectivity index (χ3v) is 3.09. The summed E-state index contributed by atoms with van der Waals surface area (Å²) < 4.78 is 25.3.